The number of nitrogens with one attached hydrogen (secondary N) is 2. The Balaban J connectivity index is 1.40. The second-order valence-corrected chi connectivity index (χ2v) is 11.3. The minimum Gasteiger partial charge on any atom is -0.324 e. The molecule has 0 bridgehead atoms. The molecule has 3 aromatic rings. The summed E-state index contributed by atoms with van der Waals surface area (Å²) in [6, 6.07) is 16.0. The molecule has 10 heteroatoms. The highest BCUT2D eigenvalue weighted by molar-refractivity contribution is 7.92. The molecule has 1 amide bonds. The summed E-state index contributed by atoms with van der Waals surface area (Å²) < 4.78 is 52.4. The van der Waals surface area contributed by atoms with Crippen LogP contribution < -0.4 is 10.0 Å². The first-order chi connectivity index (χ1) is 14.7. The molecular weight excluding hydrogens is 438 g/mol. The van der Waals surface area contributed by atoms with Gasteiger partial charge in [0.05, 0.1) is 16.4 Å². The van der Waals surface area contributed by atoms with E-state index in [4.69, 9.17) is 0 Å². The first-order valence-corrected chi connectivity index (χ1v) is 12.9. The predicted octanol–water partition coefficient (Wildman–Crippen LogP) is 2.19. The molecule has 4 rings (SSSR count). The molecule has 1 atom stereocenters. The largest absolute Gasteiger partial charge is 0.324 e. The lowest BCUT2D eigenvalue weighted by Gasteiger charge is -2.12. The van der Waals surface area contributed by atoms with E-state index < -0.39 is 25.9 Å². The van der Waals surface area contributed by atoms with Gasteiger partial charge in [0.2, 0.25) is 10.0 Å². The van der Waals surface area contributed by atoms with Crippen molar-refractivity contribution in [3.63, 3.8) is 0 Å². The van der Waals surface area contributed by atoms with Crippen molar-refractivity contribution in [1.29, 1.82) is 0 Å². The molecule has 1 saturated heterocycles. The fraction of sp³-hybridized carbons (Fsp3) is 0.190. The van der Waals surface area contributed by atoms with Crippen molar-refractivity contribution in [2.24, 2.45) is 0 Å². The van der Waals surface area contributed by atoms with Crippen LogP contribution in [0.4, 0.5) is 5.69 Å². The number of rotatable bonds is 6. The number of carbonyl (C=O) groups excluding carboxylic acids is 1. The Labute approximate surface area is 180 Å². The Kier molecular flexibility index (Phi) is 5.69. The zero-order chi connectivity index (χ0) is 22.1. The summed E-state index contributed by atoms with van der Waals surface area (Å²) in [6.07, 6.45) is 4.08. The summed E-state index contributed by atoms with van der Waals surface area (Å²) >= 11 is 0. The van der Waals surface area contributed by atoms with Gasteiger partial charge < -0.3 is 9.88 Å². The number of carbonyl (C=O) groups is 1. The third-order valence-corrected chi connectivity index (χ3v) is 8.31. The van der Waals surface area contributed by atoms with E-state index in [9.17, 15) is 21.6 Å². The van der Waals surface area contributed by atoms with E-state index in [1.54, 1.807) is 12.1 Å². The molecule has 162 valence electrons. The Morgan fingerprint density at radius 1 is 0.968 bits per heavy atom. The quantitative estimate of drug-likeness (QED) is 0.587. The maximum Gasteiger partial charge on any atom is 0.255 e. The third-order valence-electron chi connectivity index (χ3n) is 5.01. The lowest BCUT2D eigenvalue weighted by molar-refractivity contribution is 0.102. The minimum atomic E-state index is -3.85. The van der Waals surface area contributed by atoms with Crippen molar-refractivity contribution in [1.82, 2.24) is 9.29 Å². The number of anilines is 1. The van der Waals surface area contributed by atoms with E-state index in [2.05, 4.69) is 10.0 Å². The fourth-order valence-electron chi connectivity index (χ4n) is 3.39. The van der Waals surface area contributed by atoms with Crippen LogP contribution in [-0.4, -0.2) is 44.9 Å². The van der Waals surface area contributed by atoms with Crippen LogP contribution in [-0.2, 0) is 19.9 Å². The SMILES string of the molecule is O=C(Nc1ccc(S(=O)(=O)N[C@H]2CCS(=O)(=O)C2)cc1)c1ccc(-n2cccc2)cc1. The van der Waals surface area contributed by atoms with Crippen LogP contribution in [0.3, 0.4) is 0 Å². The maximum absolute atomic E-state index is 12.5. The summed E-state index contributed by atoms with van der Waals surface area (Å²) in [4.78, 5) is 12.5. The highest BCUT2D eigenvalue weighted by Crippen LogP contribution is 2.19. The molecule has 2 aromatic carbocycles. The average molecular weight is 460 g/mol. The topological polar surface area (TPSA) is 114 Å². The number of benzene rings is 2. The summed E-state index contributed by atoms with van der Waals surface area (Å²) in [5, 5.41) is 2.73. The fourth-order valence-corrected chi connectivity index (χ4v) is 6.44. The van der Waals surface area contributed by atoms with E-state index >= 15 is 0 Å². The number of sulfone groups is 1. The van der Waals surface area contributed by atoms with Gasteiger partial charge in [0.15, 0.2) is 9.84 Å². The van der Waals surface area contributed by atoms with Crippen LogP contribution >= 0.6 is 0 Å². The third kappa shape index (κ3) is 5.04. The van der Waals surface area contributed by atoms with Crippen molar-refractivity contribution >= 4 is 31.5 Å². The van der Waals surface area contributed by atoms with Gasteiger partial charge in [-0.2, -0.15) is 0 Å². The van der Waals surface area contributed by atoms with Gasteiger partial charge in [0, 0.05) is 35.4 Å². The second-order valence-electron chi connectivity index (χ2n) is 7.34. The van der Waals surface area contributed by atoms with Crippen molar-refractivity contribution < 1.29 is 21.6 Å². The van der Waals surface area contributed by atoms with Crippen LogP contribution in [0.15, 0.2) is 78.0 Å². The molecule has 1 aliphatic heterocycles. The van der Waals surface area contributed by atoms with Crippen LogP contribution in [0, 0.1) is 0 Å². The summed E-state index contributed by atoms with van der Waals surface area (Å²) in [5.74, 6) is -0.523. The van der Waals surface area contributed by atoms with Crippen molar-refractivity contribution in [2.75, 3.05) is 16.8 Å². The number of amides is 1. The second kappa shape index (κ2) is 8.29. The molecule has 31 heavy (non-hydrogen) atoms. The van der Waals surface area contributed by atoms with Crippen LogP contribution in [0.1, 0.15) is 16.8 Å². The number of nitrogens with zero attached hydrogens (tertiary/aromatic N) is 1. The normalized spacial score (nSPS) is 18.0. The van der Waals surface area contributed by atoms with E-state index in [0.29, 0.717) is 11.3 Å². The first-order valence-electron chi connectivity index (χ1n) is 9.59. The van der Waals surface area contributed by atoms with Crippen molar-refractivity contribution in [2.45, 2.75) is 17.4 Å². The summed E-state index contributed by atoms with van der Waals surface area (Å²) in [5.41, 5.74) is 1.84. The first kappa shape index (κ1) is 21.3. The van der Waals surface area contributed by atoms with Gasteiger partial charge in [-0.3, -0.25) is 4.79 Å². The number of hydrogen-bond acceptors (Lipinski definition) is 5. The van der Waals surface area contributed by atoms with Gasteiger partial charge in [0.1, 0.15) is 0 Å². The van der Waals surface area contributed by atoms with Gasteiger partial charge in [-0.05, 0) is 67.1 Å². The molecular formula is C21H21N3O5S2. The average Bonchev–Trinajstić information content (AvgIpc) is 3.38. The van der Waals surface area contributed by atoms with E-state index in [0.717, 1.165) is 5.69 Å². The van der Waals surface area contributed by atoms with E-state index in [-0.39, 0.29) is 28.7 Å². The smallest absolute Gasteiger partial charge is 0.255 e. The van der Waals surface area contributed by atoms with Crippen LogP contribution in [0.5, 0.6) is 0 Å². The predicted molar refractivity (Wildman–Crippen MR) is 118 cm³/mol. The molecule has 2 N–H and O–H groups in total. The van der Waals surface area contributed by atoms with Gasteiger partial charge in [-0.1, -0.05) is 0 Å². The van der Waals surface area contributed by atoms with Crippen molar-refractivity contribution in [3.05, 3.63) is 78.6 Å². The molecule has 1 fully saturated rings. The van der Waals surface area contributed by atoms with Crippen LogP contribution in [0.25, 0.3) is 5.69 Å². The van der Waals surface area contributed by atoms with Crippen molar-refractivity contribution in [3.8, 4) is 5.69 Å². The molecule has 0 radical (unpaired) electrons. The summed E-state index contributed by atoms with van der Waals surface area (Å²) in [6.45, 7) is 0. The lowest BCUT2D eigenvalue weighted by Crippen LogP contribution is -2.35. The Bertz CT molecular complexity index is 1280. The molecule has 0 unspecified atom stereocenters. The van der Waals surface area contributed by atoms with E-state index in [1.807, 2.05) is 41.2 Å². The molecule has 8 nitrogen and oxygen atoms in total. The van der Waals surface area contributed by atoms with Gasteiger partial charge >= 0.3 is 0 Å². The lowest BCUT2D eigenvalue weighted by atomic mass is 10.2. The Hall–Kier alpha value is -2.95. The molecule has 0 aliphatic carbocycles. The molecule has 0 saturated carbocycles. The zero-order valence-electron chi connectivity index (χ0n) is 16.4. The number of hydrogen-bond donors (Lipinski definition) is 2. The number of aromatic nitrogens is 1. The highest BCUT2D eigenvalue weighted by atomic mass is 32.2. The van der Waals surface area contributed by atoms with E-state index in [1.165, 1.54) is 24.3 Å². The monoisotopic (exact) mass is 459 g/mol. The molecule has 0 spiro atoms. The summed E-state index contributed by atoms with van der Waals surface area (Å²) in [7, 11) is -7.04. The molecule has 1 aliphatic rings. The van der Waals surface area contributed by atoms with Gasteiger partial charge in [-0.15, -0.1) is 0 Å². The Morgan fingerprint density at radius 2 is 1.61 bits per heavy atom. The molecule has 1 aromatic heterocycles. The van der Waals surface area contributed by atoms with Gasteiger partial charge in [0.25, 0.3) is 5.91 Å². The zero-order valence-corrected chi connectivity index (χ0v) is 18.1. The molecule has 2 heterocycles. The minimum absolute atomic E-state index is 0.00544. The highest BCUT2D eigenvalue weighted by Gasteiger charge is 2.31. The van der Waals surface area contributed by atoms with Gasteiger partial charge in [-0.25, -0.2) is 21.6 Å². The number of sulfonamides is 1. The van der Waals surface area contributed by atoms with Crippen LogP contribution in [0.2, 0.25) is 0 Å². The maximum atomic E-state index is 12.5. The standard InChI is InChI=1S/C21H21N3O5S2/c25-21(16-3-7-19(8-4-16)24-12-1-2-13-24)22-17-5-9-20(10-6-17)31(28,29)23-18-11-14-30(26,27)15-18/h1-10,12-13,18,23H,11,14-15H2,(H,22,25)/t18-/m0/s1. The Morgan fingerprint density at radius 3 is 2.19 bits per heavy atom.